The first-order valence-electron chi connectivity index (χ1n) is 18.8. The maximum absolute atomic E-state index is 12.1. The molecule has 0 saturated heterocycles. The van der Waals surface area contributed by atoms with E-state index < -0.39 is 6.10 Å². The van der Waals surface area contributed by atoms with Crippen LogP contribution in [0.2, 0.25) is 0 Å². The van der Waals surface area contributed by atoms with Crippen molar-refractivity contribution in [3.05, 3.63) is 60.8 Å². The van der Waals surface area contributed by atoms with Crippen molar-refractivity contribution < 1.29 is 24.2 Å². The monoisotopic (exact) mass is 643 g/mol. The highest BCUT2D eigenvalue weighted by Gasteiger charge is 2.16. The van der Waals surface area contributed by atoms with Crippen molar-refractivity contribution in [2.75, 3.05) is 13.2 Å². The summed E-state index contributed by atoms with van der Waals surface area (Å²) in [5.41, 5.74) is 0. The van der Waals surface area contributed by atoms with Crippen LogP contribution in [-0.2, 0) is 19.1 Å². The van der Waals surface area contributed by atoms with Crippen LogP contribution in [0.3, 0.4) is 0 Å². The smallest absolute Gasteiger partial charge is 0.306 e. The molecular formula is C41H70O5. The van der Waals surface area contributed by atoms with Gasteiger partial charge >= 0.3 is 11.9 Å². The number of unbranched alkanes of at least 4 members (excludes halogenated alkanes) is 15. The number of aliphatic hydroxyl groups excluding tert-OH is 1. The van der Waals surface area contributed by atoms with Crippen LogP contribution in [0.25, 0.3) is 0 Å². The van der Waals surface area contributed by atoms with E-state index in [1.807, 2.05) is 0 Å². The maximum atomic E-state index is 12.1. The predicted octanol–water partition coefficient (Wildman–Crippen LogP) is 11.6. The summed E-state index contributed by atoms with van der Waals surface area (Å²) in [6.45, 7) is 3.97. The summed E-state index contributed by atoms with van der Waals surface area (Å²) in [5.74, 6) is -0.649. The number of hydrogen-bond donors (Lipinski definition) is 1. The minimum atomic E-state index is -0.795. The Morgan fingerprint density at radius 3 is 1.48 bits per heavy atom. The van der Waals surface area contributed by atoms with Crippen molar-refractivity contribution in [2.45, 2.75) is 174 Å². The minimum Gasteiger partial charge on any atom is -0.462 e. The number of carbonyl (C=O) groups excluding carboxylic acids is 2. The minimum absolute atomic E-state index is 0.0869. The van der Waals surface area contributed by atoms with E-state index in [0.717, 1.165) is 64.2 Å². The molecule has 0 aromatic heterocycles. The Kier molecular flexibility index (Phi) is 35.1. The molecular weight excluding hydrogens is 572 g/mol. The fraction of sp³-hybridized carbons (Fsp3) is 0.707. The lowest BCUT2D eigenvalue weighted by Crippen LogP contribution is -2.28. The average Bonchev–Trinajstić information content (AvgIpc) is 3.06. The molecule has 264 valence electrons. The molecule has 0 aliphatic carbocycles. The van der Waals surface area contributed by atoms with Gasteiger partial charge in [-0.05, 0) is 77.0 Å². The number of carbonyl (C=O) groups is 2. The van der Waals surface area contributed by atoms with E-state index in [-0.39, 0.29) is 25.2 Å². The highest BCUT2D eigenvalue weighted by atomic mass is 16.6. The van der Waals surface area contributed by atoms with Crippen molar-refractivity contribution in [3.63, 3.8) is 0 Å². The third kappa shape index (κ3) is 34.5. The van der Waals surface area contributed by atoms with Gasteiger partial charge in [-0.2, -0.15) is 0 Å². The number of allylic oxidation sites excluding steroid dienone is 10. The molecule has 0 aliphatic rings. The van der Waals surface area contributed by atoms with Crippen molar-refractivity contribution in [2.24, 2.45) is 0 Å². The second-order valence-electron chi connectivity index (χ2n) is 12.3. The van der Waals surface area contributed by atoms with E-state index >= 15 is 0 Å². The topological polar surface area (TPSA) is 72.8 Å². The molecule has 0 aliphatic heterocycles. The number of esters is 2. The van der Waals surface area contributed by atoms with Gasteiger partial charge in [0.2, 0.25) is 0 Å². The Morgan fingerprint density at radius 2 is 0.935 bits per heavy atom. The lowest BCUT2D eigenvalue weighted by molar-refractivity contribution is -0.161. The summed E-state index contributed by atoms with van der Waals surface area (Å²) in [7, 11) is 0. The van der Waals surface area contributed by atoms with Gasteiger partial charge in [0, 0.05) is 12.8 Å². The Morgan fingerprint density at radius 1 is 0.522 bits per heavy atom. The Balaban J connectivity index is 3.65. The first kappa shape index (κ1) is 43.6. The summed E-state index contributed by atoms with van der Waals surface area (Å²) in [5, 5.41) is 9.53. The molecule has 0 radical (unpaired) electrons. The molecule has 0 unspecified atom stereocenters. The van der Waals surface area contributed by atoms with Gasteiger partial charge in [-0.1, -0.05) is 139 Å². The molecule has 5 heteroatoms. The third-order valence-corrected chi connectivity index (χ3v) is 7.80. The molecule has 1 N–H and O–H groups in total. The van der Waals surface area contributed by atoms with E-state index in [4.69, 9.17) is 9.47 Å². The van der Waals surface area contributed by atoms with Crippen molar-refractivity contribution >= 4 is 11.9 Å². The summed E-state index contributed by atoms with van der Waals surface area (Å²) < 4.78 is 10.6. The zero-order chi connectivity index (χ0) is 33.6. The van der Waals surface area contributed by atoms with Gasteiger partial charge in [-0.25, -0.2) is 0 Å². The highest BCUT2D eigenvalue weighted by Crippen LogP contribution is 2.12. The molecule has 1 atom stereocenters. The molecule has 0 aromatic rings. The lowest BCUT2D eigenvalue weighted by atomic mass is 10.1. The molecule has 46 heavy (non-hydrogen) atoms. The van der Waals surface area contributed by atoms with Gasteiger partial charge in [0.15, 0.2) is 6.10 Å². The molecule has 0 bridgehead atoms. The summed E-state index contributed by atoms with van der Waals surface area (Å²) in [6, 6.07) is 0. The van der Waals surface area contributed by atoms with Gasteiger partial charge in [-0.3, -0.25) is 9.59 Å². The Bertz CT molecular complexity index is 823. The first-order valence-corrected chi connectivity index (χ1v) is 18.8. The average molecular weight is 643 g/mol. The van der Waals surface area contributed by atoms with Gasteiger partial charge < -0.3 is 14.6 Å². The zero-order valence-corrected chi connectivity index (χ0v) is 29.8. The second-order valence-corrected chi connectivity index (χ2v) is 12.3. The van der Waals surface area contributed by atoms with Gasteiger partial charge in [0.1, 0.15) is 6.61 Å². The van der Waals surface area contributed by atoms with Gasteiger partial charge in [-0.15, -0.1) is 0 Å². The van der Waals surface area contributed by atoms with Crippen molar-refractivity contribution in [1.29, 1.82) is 0 Å². The van der Waals surface area contributed by atoms with Crippen LogP contribution in [0.5, 0.6) is 0 Å². The number of aliphatic hydroxyl groups is 1. The van der Waals surface area contributed by atoms with Crippen LogP contribution < -0.4 is 0 Å². The van der Waals surface area contributed by atoms with Crippen LogP contribution >= 0.6 is 0 Å². The number of hydrogen-bond acceptors (Lipinski definition) is 5. The van der Waals surface area contributed by atoms with Gasteiger partial charge in [0.25, 0.3) is 0 Å². The van der Waals surface area contributed by atoms with E-state index in [0.29, 0.717) is 12.8 Å². The second kappa shape index (κ2) is 37.1. The number of ether oxygens (including phenoxy) is 2. The lowest BCUT2D eigenvalue weighted by Gasteiger charge is -2.15. The Hall–Kier alpha value is -2.40. The van der Waals surface area contributed by atoms with E-state index in [1.165, 1.54) is 77.0 Å². The van der Waals surface area contributed by atoms with E-state index in [1.54, 1.807) is 0 Å². The molecule has 0 aromatic carbocycles. The van der Waals surface area contributed by atoms with Gasteiger partial charge in [0.05, 0.1) is 6.61 Å². The summed E-state index contributed by atoms with van der Waals surface area (Å²) >= 11 is 0. The normalized spacial score (nSPS) is 12.8. The van der Waals surface area contributed by atoms with Crippen LogP contribution in [0.15, 0.2) is 60.8 Å². The summed E-state index contributed by atoms with van der Waals surface area (Å²) in [6.07, 6.45) is 47.1. The quantitative estimate of drug-likeness (QED) is 0.0438. The largest absolute Gasteiger partial charge is 0.462 e. The van der Waals surface area contributed by atoms with Crippen LogP contribution in [0.4, 0.5) is 0 Å². The molecule has 0 fully saturated rings. The number of rotatable bonds is 33. The van der Waals surface area contributed by atoms with Crippen LogP contribution in [-0.4, -0.2) is 36.4 Å². The molecule has 0 amide bonds. The molecule has 0 spiro atoms. The first-order chi connectivity index (χ1) is 22.6. The molecule has 5 nitrogen and oxygen atoms in total. The van der Waals surface area contributed by atoms with Crippen molar-refractivity contribution in [3.8, 4) is 0 Å². The van der Waals surface area contributed by atoms with E-state index in [9.17, 15) is 14.7 Å². The molecule has 0 saturated carbocycles. The maximum Gasteiger partial charge on any atom is 0.306 e. The van der Waals surface area contributed by atoms with Crippen molar-refractivity contribution in [1.82, 2.24) is 0 Å². The highest BCUT2D eigenvalue weighted by molar-refractivity contribution is 5.70. The SMILES string of the molecule is CC/C=C\C/C=C\C/C=C\C/C=C\CCCCC(=O)O[C@@H](CO)COC(=O)CCCCCCCCC/C=C\CCCCCCCC. The van der Waals surface area contributed by atoms with Crippen LogP contribution in [0, 0.1) is 0 Å². The van der Waals surface area contributed by atoms with Crippen LogP contribution in [0.1, 0.15) is 168 Å². The third-order valence-electron chi connectivity index (χ3n) is 7.80. The molecule has 0 rings (SSSR count). The zero-order valence-electron chi connectivity index (χ0n) is 29.8. The Labute approximate surface area is 283 Å². The summed E-state index contributed by atoms with van der Waals surface area (Å²) in [4.78, 5) is 24.2. The fourth-order valence-electron chi connectivity index (χ4n) is 4.95. The molecule has 0 heterocycles. The predicted molar refractivity (Wildman–Crippen MR) is 196 cm³/mol. The van der Waals surface area contributed by atoms with E-state index in [2.05, 4.69) is 74.6 Å². The fourth-order valence-corrected chi connectivity index (χ4v) is 4.95. The standard InChI is InChI=1S/C41H70O5/c1-3-5-7-9-11-13-15-17-19-20-22-23-25-27-29-31-33-35-40(43)45-38-39(37-42)46-41(44)36-34-32-30-28-26-24-21-18-16-14-12-10-8-6-4-2/h6,8,12,14,17-19,21,26,28,39,42H,3-5,7,9-11,13,15-16,20,22-25,27,29-38H2,1-2H3/b8-6-,14-12-,19-17-,21-18-,28-26-/t39-/m0/s1.